The average molecular weight is 484 g/mol. The van der Waals surface area contributed by atoms with E-state index in [0.29, 0.717) is 31.9 Å². The van der Waals surface area contributed by atoms with E-state index < -0.39 is 20.5 Å². The Morgan fingerprint density at radius 3 is 2.41 bits per heavy atom. The van der Waals surface area contributed by atoms with Crippen molar-refractivity contribution < 1.29 is 18.1 Å². The summed E-state index contributed by atoms with van der Waals surface area (Å²) >= 11 is 5.87. The molecule has 0 bridgehead atoms. The van der Waals surface area contributed by atoms with Crippen LogP contribution in [0.15, 0.2) is 46.2 Å². The number of sulfonamides is 1. The predicted molar refractivity (Wildman–Crippen MR) is 118 cm³/mol. The molecule has 2 aromatic rings. The molecule has 1 aliphatic heterocycles. The minimum Gasteiger partial charge on any atom is -0.362 e. The summed E-state index contributed by atoms with van der Waals surface area (Å²) in [6, 6.07) is 6.75. The van der Waals surface area contributed by atoms with Gasteiger partial charge in [0.05, 0.1) is 9.82 Å². The van der Waals surface area contributed by atoms with Gasteiger partial charge in [0.15, 0.2) is 0 Å². The number of nitrogens with zero attached hydrogens (tertiary/aromatic N) is 5. The number of benzene rings is 1. The van der Waals surface area contributed by atoms with Crippen molar-refractivity contribution in [2.45, 2.75) is 11.4 Å². The van der Waals surface area contributed by atoms with Gasteiger partial charge in [0.25, 0.3) is 11.2 Å². The fourth-order valence-electron chi connectivity index (χ4n) is 3.35. The van der Waals surface area contributed by atoms with E-state index in [1.54, 1.807) is 17.0 Å². The maximum Gasteiger partial charge on any atom is 0.294 e. The highest BCUT2D eigenvalue weighted by Gasteiger charge is 2.26. The molecule has 1 aliphatic rings. The zero-order chi connectivity index (χ0) is 23.6. The van der Waals surface area contributed by atoms with Crippen molar-refractivity contribution in [1.29, 1.82) is 0 Å². The van der Waals surface area contributed by atoms with Crippen molar-refractivity contribution in [3.05, 3.63) is 62.0 Å². The van der Waals surface area contributed by atoms with Crippen molar-refractivity contribution in [1.82, 2.24) is 13.8 Å². The molecule has 1 fully saturated rings. The van der Waals surface area contributed by atoms with Crippen molar-refractivity contribution in [2.24, 2.45) is 0 Å². The topological polar surface area (TPSA) is 126 Å². The van der Waals surface area contributed by atoms with E-state index >= 15 is 0 Å². The smallest absolute Gasteiger partial charge is 0.294 e. The summed E-state index contributed by atoms with van der Waals surface area (Å²) in [6.07, 6.45) is 1.16. The number of anilines is 1. The van der Waals surface area contributed by atoms with Crippen molar-refractivity contribution >= 4 is 38.9 Å². The van der Waals surface area contributed by atoms with E-state index in [4.69, 9.17) is 11.6 Å². The third-order valence-corrected chi connectivity index (χ3v) is 7.18. The third kappa shape index (κ3) is 4.92. The fourth-order valence-corrected chi connectivity index (χ4v) is 4.44. The Hall–Kier alpha value is -2.96. The van der Waals surface area contributed by atoms with Crippen LogP contribution in [0.4, 0.5) is 11.4 Å². The third-order valence-electron chi connectivity index (χ3n) is 5.15. The zero-order valence-electron chi connectivity index (χ0n) is 17.5. The number of hydrogen-bond donors (Lipinski definition) is 0. The van der Waals surface area contributed by atoms with Crippen molar-refractivity contribution in [3.8, 4) is 0 Å². The van der Waals surface area contributed by atoms with Crippen LogP contribution in [-0.4, -0.2) is 73.3 Å². The molecule has 2 heterocycles. The Morgan fingerprint density at radius 1 is 1.16 bits per heavy atom. The molecule has 0 unspecified atom stereocenters. The van der Waals surface area contributed by atoms with Crippen LogP contribution < -0.4 is 10.5 Å². The number of amides is 1. The second-order valence-electron chi connectivity index (χ2n) is 7.38. The molecule has 172 valence electrons. The largest absolute Gasteiger partial charge is 0.362 e. The number of carbonyl (C=O) groups is 1. The van der Waals surface area contributed by atoms with Crippen LogP contribution in [0.2, 0.25) is 5.02 Å². The number of hydrogen-bond acceptors (Lipinski definition) is 7. The number of pyridine rings is 1. The van der Waals surface area contributed by atoms with Gasteiger partial charge in [-0.25, -0.2) is 12.7 Å². The first-order valence-electron chi connectivity index (χ1n) is 9.60. The number of carbonyl (C=O) groups excluding carboxylic acids is 1. The summed E-state index contributed by atoms with van der Waals surface area (Å²) in [5.41, 5.74) is -0.182. The molecule has 0 radical (unpaired) electrons. The lowest BCUT2D eigenvalue weighted by Gasteiger charge is -2.36. The Bertz CT molecular complexity index is 1200. The molecule has 0 N–H and O–H groups in total. The minimum atomic E-state index is -3.75. The number of nitro groups is 1. The second kappa shape index (κ2) is 9.27. The standard InChI is InChI=1S/C19H22ClN5O6S/c1-21(2)32(30,31)15-4-6-18(26)24(12-15)13-19(27)23-9-7-22(8-10-23)16-5-3-14(20)11-17(16)25(28)29/h3-6,11-12H,7-10,13H2,1-2H3. The van der Waals surface area contributed by atoms with E-state index in [-0.39, 0.29) is 28.1 Å². The maximum absolute atomic E-state index is 12.7. The van der Waals surface area contributed by atoms with Crippen LogP contribution in [0.1, 0.15) is 0 Å². The van der Waals surface area contributed by atoms with E-state index in [1.807, 2.05) is 0 Å². The molecule has 3 rings (SSSR count). The lowest BCUT2D eigenvalue weighted by atomic mass is 10.2. The first kappa shape index (κ1) is 23.7. The molecule has 13 heteroatoms. The van der Waals surface area contributed by atoms with Crippen LogP contribution >= 0.6 is 11.6 Å². The van der Waals surface area contributed by atoms with Gasteiger partial charge in [-0.2, -0.15) is 0 Å². The van der Waals surface area contributed by atoms with E-state index in [0.717, 1.165) is 21.1 Å². The lowest BCUT2D eigenvalue weighted by molar-refractivity contribution is -0.384. The van der Waals surface area contributed by atoms with Gasteiger partial charge in [-0.05, 0) is 18.2 Å². The highest BCUT2D eigenvalue weighted by atomic mass is 35.5. The van der Waals surface area contributed by atoms with Gasteiger partial charge in [0.2, 0.25) is 15.9 Å². The number of aromatic nitrogens is 1. The molecule has 1 saturated heterocycles. The maximum atomic E-state index is 12.7. The Balaban J connectivity index is 1.71. The highest BCUT2D eigenvalue weighted by molar-refractivity contribution is 7.89. The average Bonchev–Trinajstić information content (AvgIpc) is 2.75. The fraction of sp³-hybridized carbons (Fsp3) is 0.368. The quantitative estimate of drug-likeness (QED) is 0.443. The molecule has 11 nitrogen and oxygen atoms in total. The van der Waals surface area contributed by atoms with Crippen LogP contribution in [-0.2, 0) is 21.4 Å². The number of halogens is 1. The van der Waals surface area contributed by atoms with Gasteiger partial charge < -0.3 is 14.4 Å². The molecule has 32 heavy (non-hydrogen) atoms. The predicted octanol–water partition coefficient (Wildman–Crippen LogP) is 1.01. The van der Waals surface area contributed by atoms with Gasteiger partial charge in [-0.15, -0.1) is 0 Å². The molecule has 1 amide bonds. The molecule has 1 aromatic carbocycles. The lowest BCUT2D eigenvalue weighted by Crippen LogP contribution is -2.50. The van der Waals surface area contributed by atoms with Gasteiger partial charge >= 0.3 is 0 Å². The zero-order valence-corrected chi connectivity index (χ0v) is 19.0. The summed E-state index contributed by atoms with van der Waals surface area (Å²) in [7, 11) is -1.00. The van der Waals surface area contributed by atoms with E-state index in [2.05, 4.69) is 0 Å². The van der Waals surface area contributed by atoms with Gasteiger partial charge in [0.1, 0.15) is 12.2 Å². The molecule has 1 aromatic heterocycles. The van der Waals surface area contributed by atoms with E-state index in [1.165, 1.54) is 31.1 Å². The molecular weight excluding hydrogens is 462 g/mol. The van der Waals surface area contributed by atoms with Crippen molar-refractivity contribution in [3.63, 3.8) is 0 Å². The van der Waals surface area contributed by atoms with Gasteiger partial charge in [-0.3, -0.25) is 19.7 Å². The van der Waals surface area contributed by atoms with Crippen LogP contribution in [0, 0.1) is 10.1 Å². The Kier molecular flexibility index (Phi) is 6.86. The summed E-state index contributed by atoms with van der Waals surface area (Å²) in [6.45, 7) is 0.999. The first-order valence-corrected chi connectivity index (χ1v) is 11.4. The van der Waals surface area contributed by atoms with E-state index in [9.17, 15) is 28.1 Å². The van der Waals surface area contributed by atoms with Gasteiger partial charge in [-0.1, -0.05) is 11.6 Å². The summed E-state index contributed by atoms with van der Waals surface area (Å²) in [5.74, 6) is -0.350. The molecular formula is C19H22ClN5O6S. The molecule has 0 spiro atoms. The summed E-state index contributed by atoms with van der Waals surface area (Å²) in [4.78, 5) is 39.0. The van der Waals surface area contributed by atoms with Crippen LogP contribution in [0.3, 0.4) is 0 Å². The summed E-state index contributed by atoms with van der Waals surface area (Å²) < 4.78 is 26.7. The minimum absolute atomic E-state index is 0.0882. The normalized spacial score (nSPS) is 14.6. The van der Waals surface area contributed by atoms with Gasteiger partial charge in [0, 0.05) is 63.6 Å². The SMILES string of the molecule is CN(C)S(=O)(=O)c1ccc(=O)n(CC(=O)N2CCN(c3ccc(Cl)cc3[N+](=O)[O-])CC2)c1. The highest BCUT2D eigenvalue weighted by Crippen LogP contribution is 2.31. The molecule has 0 saturated carbocycles. The molecule has 0 atom stereocenters. The number of nitro benzene ring substituents is 1. The second-order valence-corrected chi connectivity index (χ2v) is 9.96. The molecule has 0 aliphatic carbocycles. The number of piperazine rings is 1. The van der Waals surface area contributed by atoms with Crippen molar-refractivity contribution in [2.75, 3.05) is 45.2 Å². The first-order chi connectivity index (χ1) is 15.0. The Labute approximate surface area is 189 Å². The van der Waals surface area contributed by atoms with Crippen LogP contribution in [0.25, 0.3) is 0 Å². The summed E-state index contributed by atoms with van der Waals surface area (Å²) in [5, 5.41) is 11.6. The number of rotatable bonds is 6. The monoisotopic (exact) mass is 483 g/mol. The van der Waals surface area contributed by atoms with Crippen LogP contribution in [0.5, 0.6) is 0 Å². The Morgan fingerprint density at radius 2 is 1.81 bits per heavy atom.